The summed E-state index contributed by atoms with van der Waals surface area (Å²) in [6, 6.07) is 7.39. The maximum atomic E-state index is 11.9. The Labute approximate surface area is 122 Å². The van der Waals surface area contributed by atoms with Crippen LogP contribution in [-0.4, -0.2) is 12.6 Å². The van der Waals surface area contributed by atoms with E-state index in [1.807, 2.05) is 31.2 Å². The second kappa shape index (κ2) is 6.75. The second-order valence-corrected chi connectivity index (χ2v) is 6.52. The van der Waals surface area contributed by atoms with Gasteiger partial charge >= 0.3 is 6.03 Å². The molecular formula is C16H27N3O. The molecule has 0 fully saturated rings. The van der Waals surface area contributed by atoms with Gasteiger partial charge in [-0.1, -0.05) is 39.8 Å². The molecule has 4 heteroatoms. The standard InChI is InChI=1S/C16H27N3O/c1-11(16(3,4)5)10-18-15(20)19-14-8-6-7-13(9-14)12(2)17/h6-9,11-12H,10,17H2,1-5H3,(H2,18,19,20). The van der Waals surface area contributed by atoms with Crippen molar-refractivity contribution < 1.29 is 4.79 Å². The van der Waals surface area contributed by atoms with E-state index < -0.39 is 0 Å². The summed E-state index contributed by atoms with van der Waals surface area (Å²) in [6.45, 7) is 11.2. The molecular weight excluding hydrogens is 250 g/mol. The van der Waals surface area contributed by atoms with Gasteiger partial charge in [0.2, 0.25) is 0 Å². The highest BCUT2D eigenvalue weighted by Crippen LogP contribution is 2.24. The predicted molar refractivity (Wildman–Crippen MR) is 84.7 cm³/mol. The van der Waals surface area contributed by atoms with Crippen LogP contribution < -0.4 is 16.4 Å². The van der Waals surface area contributed by atoms with Gasteiger partial charge in [0.15, 0.2) is 0 Å². The Bertz CT molecular complexity index is 449. The molecule has 0 aliphatic rings. The molecule has 2 unspecified atom stereocenters. The van der Waals surface area contributed by atoms with Crippen LogP contribution in [0.2, 0.25) is 0 Å². The van der Waals surface area contributed by atoms with E-state index in [9.17, 15) is 4.79 Å². The van der Waals surface area contributed by atoms with E-state index in [1.54, 1.807) is 0 Å². The van der Waals surface area contributed by atoms with E-state index >= 15 is 0 Å². The van der Waals surface area contributed by atoms with Crippen molar-refractivity contribution in [2.24, 2.45) is 17.1 Å². The summed E-state index contributed by atoms with van der Waals surface area (Å²) in [7, 11) is 0. The molecule has 0 aromatic heterocycles. The van der Waals surface area contributed by atoms with Crippen molar-refractivity contribution in [2.75, 3.05) is 11.9 Å². The molecule has 0 aliphatic carbocycles. The third-order valence-electron chi connectivity index (χ3n) is 3.72. The molecule has 0 bridgehead atoms. The number of nitrogens with one attached hydrogen (secondary N) is 2. The highest BCUT2D eigenvalue weighted by atomic mass is 16.2. The minimum Gasteiger partial charge on any atom is -0.338 e. The van der Waals surface area contributed by atoms with Crippen molar-refractivity contribution in [3.63, 3.8) is 0 Å². The van der Waals surface area contributed by atoms with Crippen molar-refractivity contribution in [1.82, 2.24) is 5.32 Å². The summed E-state index contributed by atoms with van der Waals surface area (Å²) in [4.78, 5) is 11.9. The van der Waals surface area contributed by atoms with Crippen LogP contribution in [0, 0.1) is 11.3 Å². The lowest BCUT2D eigenvalue weighted by atomic mass is 9.82. The molecule has 0 spiro atoms. The molecule has 0 radical (unpaired) electrons. The lowest BCUT2D eigenvalue weighted by Crippen LogP contribution is -2.36. The summed E-state index contributed by atoms with van der Waals surface area (Å²) < 4.78 is 0. The molecule has 0 heterocycles. The first-order chi connectivity index (χ1) is 9.20. The summed E-state index contributed by atoms with van der Waals surface area (Å²) in [5.74, 6) is 0.406. The molecule has 1 aromatic rings. The van der Waals surface area contributed by atoms with Crippen LogP contribution in [-0.2, 0) is 0 Å². The largest absolute Gasteiger partial charge is 0.338 e. The molecule has 2 amide bonds. The molecule has 20 heavy (non-hydrogen) atoms. The first kappa shape index (κ1) is 16.5. The fraction of sp³-hybridized carbons (Fsp3) is 0.562. The number of hydrogen-bond donors (Lipinski definition) is 3. The number of urea groups is 1. The Kier molecular flexibility index (Phi) is 5.57. The molecule has 4 nitrogen and oxygen atoms in total. The molecule has 4 N–H and O–H groups in total. The van der Waals surface area contributed by atoms with Gasteiger partial charge in [-0.15, -0.1) is 0 Å². The normalized spacial score (nSPS) is 14.5. The van der Waals surface area contributed by atoms with Gasteiger partial charge in [-0.05, 0) is 36.0 Å². The number of carbonyl (C=O) groups excluding carboxylic acids is 1. The van der Waals surface area contributed by atoms with Crippen LogP contribution in [0.4, 0.5) is 10.5 Å². The zero-order valence-electron chi connectivity index (χ0n) is 13.2. The molecule has 0 saturated carbocycles. The summed E-state index contributed by atoms with van der Waals surface area (Å²) in [5.41, 5.74) is 7.78. The van der Waals surface area contributed by atoms with Crippen molar-refractivity contribution in [3.8, 4) is 0 Å². The Balaban J connectivity index is 2.53. The van der Waals surface area contributed by atoms with Crippen LogP contribution >= 0.6 is 0 Å². The van der Waals surface area contributed by atoms with Gasteiger partial charge in [0.05, 0.1) is 0 Å². The van der Waals surface area contributed by atoms with E-state index in [4.69, 9.17) is 5.73 Å². The van der Waals surface area contributed by atoms with E-state index in [1.165, 1.54) is 0 Å². The first-order valence-electron chi connectivity index (χ1n) is 7.10. The molecule has 1 rings (SSSR count). The van der Waals surface area contributed by atoms with Gasteiger partial charge in [-0.3, -0.25) is 0 Å². The Hall–Kier alpha value is -1.55. The topological polar surface area (TPSA) is 67.1 Å². The van der Waals surface area contributed by atoms with Gasteiger partial charge in [0, 0.05) is 18.3 Å². The fourth-order valence-electron chi connectivity index (χ4n) is 1.63. The monoisotopic (exact) mass is 277 g/mol. The number of benzene rings is 1. The molecule has 0 aliphatic heterocycles. The third-order valence-corrected chi connectivity index (χ3v) is 3.72. The summed E-state index contributed by atoms with van der Waals surface area (Å²) in [5, 5.41) is 5.74. The summed E-state index contributed by atoms with van der Waals surface area (Å²) >= 11 is 0. The minimum absolute atomic E-state index is 0.0410. The van der Waals surface area contributed by atoms with Gasteiger partial charge in [0.25, 0.3) is 0 Å². The van der Waals surface area contributed by atoms with Crippen LogP contribution in [0.3, 0.4) is 0 Å². The average Bonchev–Trinajstić information content (AvgIpc) is 2.35. The van der Waals surface area contributed by atoms with Gasteiger partial charge < -0.3 is 16.4 Å². The number of anilines is 1. The maximum absolute atomic E-state index is 11.9. The second-order valence-electron chi connectivity index (χ2n) is 6.52. The quantitative estimate of drug-likeness (QED) is 0.788. The van der Waals surface area contributed by atoms with Crippen molar-refractivity contribution in [1.29, 1.82) is 0 Å². The van der Waals surface area contributed by atoms with Crippen LogP contribution in [0.15, 0.2) is 24.3 Å². The fourth-order valence-corrected chi connectivity index (χ4v) is 1.63. The molecule has 0 saturated heterocycles. The van der Waals surface area contributed by atoms with E-state index in [0.717, 1.165) is 11.3 Å². The lowest BCUT2D eigenvalue weighted by molar-refractivity contribution is 0.233. The van der Waals surface area contributed by atoms with E-state index in [-0.39, 0.29) is 17.5 Å². The highest BCUT2D eigenvalue weighted by Gasteiger charge is 2.20. The Morgan fingerprint density at radius 3 is 2.50 bits per heavy atom. The Morgan fingerprint density at radius 1 is 1.30 bits per heavy atom. The smallest absolute Gasteiger partial charge is 0.319 e. The highest BCUT2D eigenvalue weighted by molar-refractivity contribution is 5.89. The molecule has 2 atom stereocenters. The van der Waals surface area contributed by atoms with Crippen molar-refractivity contribution in [3.05, 3.63) is 29.8 Å². The average molecular weight is 277 g/mol. The van der Waals surface area contributed by atoms with Gasteiger partial charge in [-0.25, -0.2) is 4.79 Å². The number of rotatable bonds is 4. The number of amides is 2. The maximum Gasteiger partial charge on any atom is 0.319 e. The van der Waals surface area contributed by atoms with Crippen LogP contribution in [0.25, 0.3) is 0 Å². The number of nitrogens with two attached hydrogens (primary N) is 1. The van der Waals surface area contributed by atoms with Gasteiger partial charge in [0.1, 0.15) is 0 Å². The van der Waals surface area contributed by atoms with Crippen LogP contribution in [0.5, 0.6) is 0 Å². The third kappa shape index (κ3) is 5.21. The summed E-state index contributed by atoms with van der Waals surface area (Å²) in [6.07, 6.45) is 0. The van der Waals surface area contributed by atoms with Gasteiger partial charge in [-0.2, -0.15) is 0 Å². The van der Waals surface area contributed by atoms with Crippen LogP contribution in [0.1, 0.15) is 46.2 Å². The zero-order valence-corrected chi connectivity index (χ0v) is 13.2. The Morgan fingerprint density at radius 2 is 1.95 bits per heavy atom. The number of carbonyl (C=O) groups is 1. The van der Waals surface area contributed by atoms with Crippen molar-refractivity contribution in [2.45, 2.75) is 40.7 Å². The SMILES string of the molecule is CC(N)c1cccc(NC(=O)NCC(C)C(C)(C)C)c1. The number of hydrogen-bond acceptors (Lipinski definition) is 2. The minimum atomic E-state index is -0.178. The molecule has 112 valence electrons. The van der Waals surface area contributed by atoms with E-state index in [0.29, 0.717) is 12.5 Å². The zero-order chi connectivity index (χ0) is 15.3. The predicted octanol–water partition coefficient (Wildman–Crippen LogP) is 3.51. The first-order valence-corrected chi connectivity index (χ1v) is 7.10. The van der Waals surface area contributed by atoms with Crippen molar-refractivity contribution >= 4 is 11.7 Å². The lowest BCUT2D eigenvalue weighted by Gasteiger charge is -2.27. The van der Waals surface area contributed by atoms with E-state index in [2.05, 4.69) is 38.3 Å². The molecule has 1 aromatic carbocycles.